The number of amides is 1. The van der Waals surface area contributed by atoms with E-state index in [1.54, 1.807) is 16.2 Å². The van der Waals surface area contributed by atoms with Crippen LogP contribution in [0.25, 0.3) is 0 Å². The van der Waals surface area contributed by atoms with E-state index in [2.05, 4.69) is 0 Å². The van der Waals surface area contributed by atoms with Crippen molar-refractivity contribution in [1.82, 2.24) is 4.90 Å². The zero-order chi connectivity index (χ0) is 14.1. The number of carbonyl (C=O) groups is 1. The summed E-state index contributed by atoms with van der Waals surface area (Å²) in [6.45, 7) is 0.544. The SMILES string of the molecule is O=C(c1cc(O)ccc1O)N(Cc1ccsc1)C1CC1. The lowest BCUT2D eigenvalue weighted by Gasteiger charge is -2.22. The average Bonchev–Trinajstić information content (AvgIpc) is 3.15. The summed E-state index contributed by atoms with van der Waals surface area (Å²) < 4.78 is 0. The zero-order valence-corrected chi connectivity index (χ0v) is 11.6. The van der Waals surface area contributed by atoms with E-state index in [9.17, 15) is 15.0 Å². The van der Waals surface area contributed by atoms with Crippen molar-refractivity contribution in [3.63, 3.8) is 0 Å². The predicted molar refractivity (Wildman–Crippen MR) is 77.0 cm³/mol. The monoisotopic (exact) mass is 289 g/mol. The summed E-state index contributed by atoms with van der Waals surface area (Å²) in [5.41, 5.74) is 1.25. The van der Waals surface area contributed by atoms with Crippen LogP contribution in [0.1, 0.15) is 28.8 Å². The Morgan fingerprint density at radius 1 is 1.30 bits per heavy atom. The highest BCUT2D eigenvalue weighted by Gasteiger charge is 2.34. The molecule has 0 radical (unpaired) electrons. The van der Waals surface area contributed by atoms with Crippen LogP contribution < -0.4 is 0 Å². The van der Waals surface area contributed by atoms with Crippen molar-refractivity contribution in [3.05, 3.63) is 46.2 Å². The molecule has 4 nitrogen and oxygen atoms in total. The molecule has 1 amide bonds. The van der Waals surface area contributed by atoms with Crippen LogP contribution in [0.3, 0.4) is 0 Å². The van der Waals surface area contributed by atoms with Crippen molar-refractivity contribution in [2.75, 3.05) is 0 Å². The Bertz CT molecular complexity index is 620. The van der Waals surface area contributed by atoms with Crippen molar-refractivity contribution < 1.29 is 15.0 Å². The fourth-order valence-electron chi connectivity index (χ4n) is 2.18. The lowest BCUT2D eigenvalue weighted by atomic mass is 10.1. The van der Waals surface area contributed by atoms with Gasteiger partial charge < -0.3 is 15.1 Å². The molecule has 2 N–H and O–H groups in total. The number of thiophene rings is 1. The summed E-state index contributed by atoms with van der Waals surface area (Å²) in [5, 5.41) is 23.3. The first-order chi connectivity index (χ1) is 9.65. The van der Waals surface area contributed by atoms with Gasteiger partial charge in [0.25, 0.3) is 5.91 Å². The van der Waals surface area contributed by atoms with Crippen LogP contribution in [-0.4, -0.2) is 27.1 Å². The number of phenols is 2. The van der Waals surface area contributed by atoms with Gasteiger partial charge in [-0.05, 0) is 53.4 Å². The molecule has 1 saturated carbocycles. The Morgan fingerprint density at radius 2 is 2.10 bits per heavy atom. The summed E-state index contributed by atoms with van der Waals surface area (Å²) in [7, 11) is 0. The molecule has 20 heavy (non-hydrogen) atoms. The van der Waals surface area contributed by atoms with Crippen LogP contribution in [0, 0.1) is 0 Å². The van der Waals surface area contributed by atoms with Crippen molar-refractivity contribution in [2.45, 2.75) is 25.4 Å². The summed E-state index contributed by atoms with van der Waals surface area (Å²) in [4.78, 5) is 14.4. The quantitative estimate of drug-likeness (QED) is 0.851. The Hall–Kier alpha value is -2.01. The third-order valence-electron chi connectivity index (χ3n) is 3.39. The third-order valence-corrected chi connectivity index (χ3v) is 4.12. The highest BCUT2D eigenvalue weighted by molar-refractivity contribution is 7.07. The lowest BCUT2D eigenvalue weighted by molar-refractivity contribution is 0.0726. The molecule has 104 valence electrons. The standard InChI is InChI=1S/C15H15NO3S/c17-12-3-4-14(18)13(7-12)15(19)16(11-1-2-11)8-10-5-6-20-9-10/h3-7,9,11,17-18H,1-2,8H2. The van der Waals surface area contributed by atoms with Gasteiger partial charge in [-0.3, -0.25) is 4.79 Å². The summed E-state index contributed by atoms with van der Waals surface area (Å²) >= 11 is 1.60. The molecule has 0 atom stereocenters. The number of phenolic OH excluding ortho intramolecular Hbond substituents is 2. The largest absolute Gasteiger partial charge is 0.508 e. The molecule has 0 spiro atoms. The second-order valence-electron chi connectivity index (χ2n) is 5.00. The second-order valence-corrected chi connectivity index (χ2v) is 5.78. The maximum absolute atomic E-state index is 12.6. The van der Waals surface area contributed by atoms with Crippen molar-refractivity contribution >= 4 is 17.2 Å². The molecule has 1 heterocycles. The lowest BCUT2D eigenvalue weighted by Crippen LogP contribution is -2.32. The van der Waals surface area contributed by atoms with Gasteiger partial charge in [0.05, 0.1) is 5.56 Å². The Balaban J connectivity index is 1.87. The zero-order valence-electron chi connectivity index (χ0n) is 10.8. The number of hydrogen-bond donors (Lipinski definition) is 2. The number of hydrogen-bond acceptors (Lipinski definition) is 4. The van der Waals surface area contributed by atoms with Gasteiger partial charge in [0.1, 0.15) is 11.5 Å². The molecule has 0 bridgehead atoms. The minimum Gasteiger partial charge on any atom is -0.508 e. The van der Waals surface area contributed by atoms with Gasteiger partial charge in [-0.15, -0.1) is 0 Å². The normalized spacial score (nSPS) is 14.2. The molecule has 1 aliphatic carbocycles. The average molecular weight is 289 g/mol. The molecule has 5 heteroatoms. The first kappa shape index (κ1) is 13.0. The van der Waals surface area contributed by atoms with Crippen LogP contribution >= 0.6 is 11.3 Å². The Kier molecular flexibility index (Phi) is 3.36. The number of benzene rings is 1. The van der Waals surface area contributed by atoms with Crippen LogP contribution in [0.5, 0.6) is 11.5 Å². The molecular weight excluding hydrogens is 274 g/mol. The molecule has 0 aliphatic heterocycles. The highest BCUT2D eigenvalue weighted by atomic mass is 32.1. The third kappa shape index (κ3) is 2.63. The van der Waals surface area contributed by atoms with E-state index in [0.29, 0.717) is 6.54 Å². The van der Waals surface area contributed by atoms with Gasteiger partial charge in [0.2, 0.25) is 0 Å². The van der Waals surface area contributed by atoms with E-state index >= 15 is 0 Å². The topological polar surface area (TPSA) is 60.8 Å². The van der Waals surface area contributed by atoms with Gasteiger partial charge >= 0.3 is 0 Å². The maximum Gasteiger partial charge on any atom is 0.258 e. The fourth-order valence-corrected chi connectivity index (χ4v) is 2.84. The summed E-state index contributed by atoms with van der Waals surface area (Å²) in [5.74, 6) is -0.340. The molecule has 0 saturated heterocycles. The molecule has 1 aliphatic rings. The Labute approximate surface area is 120 Å². The summed E-state index contributed by atoms with van der Waals surface area (Å²) in [6, 6.07) is 6.27. The molecular formula is C15H15NO3S. The van der Waals surface area contributed by atoms with E-state index < -0.39 is 0 Å². The molecule has 1 aromatic carbocycles. The fraction of sp³-hybridized carbons (Fsp3) is 0.267. The molecule has 0 unspecified atom stereocenters. The van der Waals surface area contributed by atoms with Gasteiger partial charge in [0, 0.05) is 12.6 Å². The first-order valence-electron chi connectivity index (χ1n) is 6.49. The molecule has 1 fully saturated rings. The van der Waals surface area contributed by atoms with Gasteiger partial charge in [-0.1, -0.05) is 0 Å². The van der Waals surface area contributed by atoms with Crippen molar-refractivity contribution in [3.8, 4) is 11.5 Å². The smallest absolute Gasteiger partial charge is 0.258 e. The van der Waals surface area contributed by atoms with Crippen LogP contribution in [0.2, 0.25) is 0 Å². The van der Waals surface area contributed by atoms with E-state index in [4.69, 9.17) is 0 Å². The predicted octanol–water partition coefficient (Wildman–Crippen LogP) is 2.96. The molecule has 2 aromatic rings. The number of aromatic hydroxyl groups is 2. The van der Waals surface area contributed by atoms with Crippen molar-refractivity contribution in [2.24, 2.45) is 0 Å². The van der Waals surface area contributed by atoms with Gasteiger partial charge in [0.15, 0.2) is 0 Å². The number of rotatable bonds is 4. The van der Waals surface area contributed by atoms with Crippen molar-refractivity contribution in [1.29, 1.82) is 0 Å². The van der Waals surface area contributed by atoms with E-state index in [1.165, 1.54) is 18.2 Å². The minimum absolute atomic E-state index is 0.0163. The van der Waals surface area contributed by atoms with Gasteiger partial charge in [-0.25, -0.2) is 0 Å². The molecule has 3 rings (SSSR count). The first-order valence-corrected chi connectivity index (χ1v) is 7.43. The second kappa shape index (κ2) is 5.17. The van der Waals surface area contributed by atoms with Crippen LogP contribution in [0.15, 0.2) is 35.0 Å². The molecule has 1 aromatic heterocycles. The van der Waals surface area contributed by atoms with E-state index in [1.807, 2.05) is 16.8 Å². The van der Waals surface area contributed by atoms with E-state index in [0.717, 1.165) is 18.4 Å². The maximum atomic E-state index is 12.6. The van der Waals surface area contributed by atoms with Crippen LogP contribution in [0.4, 0.5) is 0 Å². The van der Waals surface area contributed by atoms with Crippen LogP contribution in [-0.2, 0) is 6.54 Å². The minimum atomic E-state index is -0.230. The summed E-state index contributed by atoms with van der Waals surface area (Å²) in [6.07, 6.45) is 1.99. The number of nitrogens with zero attached hydrogens (tertiary/aromatic N) is 1. The Morgan fingerprint density at radius 3 is 2.75 bits per heavy atom. The highest BCUT2D eigenvalue weighted by Crippen LogP contribution is 2.32. The van der Waals surface area contributed by atoms with E-state index in [-0.39, 0.29) is 29.0 Å². The number of carbonyl (C=O) groups excluding carboxylic acids is 1. The van der Waals surface area contributed by atoms with Gasteiger partial charge in [-0.2, -0.15) is 11.3 Å².